The fraction of sp³-hybridized carbons (Fsp3) is 0.174. The zero-order valence-corrected chi connectivity index (χ0v) is 17.6. The van der Waals surface area contributed by atoms with E-state index in [1.54, 1.807) is 36.4 Å². The summed E-state index contributed by atoms with van der Waals surface area (Å²) in [6.45, 7) is 2.30. The van der Waals surface area contributed by atoms with Crippen molar-refractivity contribution in [3.05, 3.63) is 78.0 Å². The zero-order chi connectivity index (χ0) is 21.5. The minimum atomic E-state index is -0.489. The van der Waals surface area contributed by atoms with Crippen LogP contribution in [-0.2, 0) is 14.3 Å². The molecule has 0 atom stereocenters. The molecular formula is C23H22N2O4S. The standard InChI is InChI=1S/C23H22N2O4S/c1-3-29-19-14-12-18(13-15-19)25-22(27)20(24(23(25)30)16-21(26)28-2)11-7-10-17-8-5-4-6-9-17/h4-15H,3,16H2,1-2H3. The van der Waals surface area contributed by atoms with E-state index in [2.05, 4.69) is 0 Å². The molecule has 0 radical (unpaired) electrons. The van der Waals surface area contributed by atoms with Gasteiger partial charge in [0, 0.05) is 0 Å². The lowest BCUT2D eigenvalue weighted by Crippen LogP contribution is -2.35. The Kier molecular flexibility index (Phi) is 6.98. The van der Waals surface area contributed by atoms with Gasteiger partial charge in [-0.1, -0.05) is 42.5 Å². The summed E-state index contributed by atoms with van der Waals surface area (Å²) in [5.74, 6) is -0.103. The number of thiocarbonyl (C=S) groups is 1. The van der Waals surface area contributed by atoms with Crippen molar-refractivity contribution in [1.82, 2.24) is 4.90 Å². The second kappa shape index (κ2) is 9.84. The lowest BCUT2D eigenvalue weighted by atomic mass is 10.2. The van der Waals surface area contributed by atoms with Gasteiger partial charge in [-0.05, 0) is 55.0 Å². The van der Waals surface area contributed by atoms with Crippen molar-refractivity contribution in [1.29, 1.82) is 0 Å². The fourth-order valence-electron chi connectivity index (χ4n) is 2.95. The van der Waals surface area contributed by atoms with Gasteiger partial charge in [0.2, 0.25) is 0 Å². The average molecular weight is 423 g/mol. The Hall–Kier alpha value is -3.45. The van der Waals surface area contributed by atoms with Gasteiger partial charge in [0.05, 0.1) is 19.4 Å². The summed E-state index contributed by atoms with van der Waals surface area (Å²) in [6.07, 6.45) is 5.29. The summed E-state index contributed by atoms with van der Waals surface area (Å²) in [4.78, 5) is 27.9. The maximum Gasteiger partial charge on any atom is 0.325 e. The third-order valence-corrected chi connectivity index (χ3v) is 4.80. The smallest absolute Gasteiger partial charge is 0.325 e. The number of carbonyl (C=O) groups excluding carboxylic acids is 2. The van der Waals surface area contributed by atoms with Crippen molar-refractivity contribution in [3.8, 4) is 5.75 Å². The number of methoxy groups -OCH3 is 1. The molecule has 3 rings (SSSR count). The molecule has 0 spiro atoms. The number of hydrogen-bond acceptors (Lipinski definition) is 5. The number of hydrogen-bond donors (Lipinski definition) is 0. The van der Waals surface area contributed by atoms with E-state index in [1.807, 2.05) is 43.3 Å². The lowest BCUT2D eigenvalue weighted by molar-refractivity contribution is -0.140. The number of esters is 1. The van der Waals surface area contributed by atoms with Gasteiger partial charge in [0.15, 0.2) is 5.11 Å². The predicted molar refractivity (Wildman–Crippen MR) is 120 cm³/mol. The quantitative estimate of drug-likeness (QED) is 0.384. The number of allylic oxidation sites excluding steroid dienone is 2. The Morgan fingerprint density at radius 3 is 2.43 bits per heavy atom. The van der Waals surface area contributed by atoms with Crippen LogP contribution in [0.2, 0.25) is 0 Å². The highest BCUT2D eigenvalue weighted by atomic mass is 32.1. The molecule has 2 aromatic carbocycles. The van der Waals surface area contributed by atoms with Crippen molar-refractivity contribution < 1.29 is 19.1 Å². The van der Waals surface area contributed by atoms with Crippen LogP contribution in [-0.4, -0.2) is 42.2 Å². The summed E-state index contributed by atoms with van der Waals surface area (Å²) >= 11 is 5.52. The van der Waals surface area contributed by atoms with Gasteiger partial charge >= 0.3 is 5.97 Å². The van der Waals surface area contributed by atoms with E-state index in [0.29, 0.717) is 23.7 Å². The number of anilines is 1. The first-order chi connectivity index (χ1) is 14.5. The van der Waals surface area contributed by atoms with Gasteiger partial charge < -0.3 is 14.4 Å². The molecule has 1 aliphatic rings. The normalized spacial score (nSPS) is 15.3. The van der Waals surface area contributed by atoms with E-state index in [4.69, 9.17) is 21.7 Å². The number of ether oxygens (including phenoxy) is 2. The molecule has 7 heteroatoms. The molecule has 0 aromatic heterocycles. The maximum atomic E-state index is 13.2. The summed E-state index contributed by atoms with van der Waals surface area (Å²) in [5.41, 5.74) is 1.88. The second-order valence-corrected chi connectivity index (χ2v) is 6.70. The van der Waals surface area contributed by atoms with Crippen molar-refractivity contribution in [2.24, 2.45) is 0 Å². The fourth-order valence-corrected chi connectivity index (χ4v) is 3.30. The number of carbonyl (C=O) groups is 2. The molecule has 6 nitrogen and oxygen atoms in total. The number of benzene rings is 2. The molecule has 0 N–H and O–H groups in total. The van der Waals surface area contributed by atoms with Crippen LogP contribution in [0.4, 0.5) is 5.69 Å². The maximum absolute atomic E-state index is 13.2. The summed E-state index contributed by atoms with van der Waals surface area (Å²) < 4.78 is 10.2. The minimum absolute atomic E-state index is 0.153. The van der Waals surface area contributed by atoms with Crippen LogP contribution in [0.25, 0.3) is 6.08 Å². The molecule has 0 saturated carbocycles. The SMILES string of the molecule is CCOc1ccc(N2C(=O)C(=CC=Cc3ccccc3)N(CC(=O)OC)C2=S)cc1. The first kappa shape index (κ1) is 21.3. The van der Waals surface area contributed by atoms with Crippen LogP contribution >= 0.6 is 12.2 Å². The molecule has 1 fully saturated rings. The van der Waals surface area contributed by atoms with Gasteiger partial charge in [0.1, 0.15) is 18.0 Å². The summed E-state index contributed by atoms with van der Waals surface area (Å²) in [5, 5.41) is 0.217. The van der Waals surface area contributed by atoms with E-state index >= 15 is 0 Å². The van der Waals surface area contributed by atoms with E-state index < -0.39 is 5.97 Å². The van der Waals surface area contributed by atoms with Crippen molar-refractivity contribution in [2.45, 2.75) is 6.92 Å². The Morgan fingerprint density at radius 2 is 1.80 bits per heavy atom. The van der Waals surface area contributed by atoms with Crippen LogP contribution in [0.1, 0.15) is 12.5 Å². The molecule has 0 unspecified atom stereocenters. The Bertz CT molecular complexity index is 984. The number of amides is 1. The van der Waals surface area contributed by atoms with E-state index in [1.165, 1.54) is 16.9 Å². The van der Waals surface area contributed by atoms with Crippen molar-refractivity contribution >= 4 is 41.0 Å². The molecule has 154 valence electrons. The second-order valence-electron chi connectivity index (χ2n) is 6.33. The predicted octanol–water partition coefficient (Wildman–Crippen LogP) is 3.79. The van der Waals surface area contributed by atoms with Crippen LogP contribution < -0.4 is 9.64 Å². The van der Waals surface area contributed by atoms with E-state index in [9.17, 15) is 9.59 Å². The third-order valence-electron chi connectivity index (χ3n) is 4.40. The van der Waals surface area contributed by atoms with Crippen LogP contribution in [0.5, 0.6) is 5.75 Å². The van der Waals surface area contributed by atoms with Crippen LogP contribution in [0, 0.1) is 0 Å². The first-order valence-corrected chi connectivity index (χ1v) is 9.85. The first-order valence-electron chi connectivity index (χ1n) is 9.44. The van der Waals surface area contributed by atoms with Crippen LogP contribution in [0.3, 0.4) is 0 Å². The topological polar surface area (TPSA) is 59.1 Å². The number of nitrogens with zero attached hydrogens (tertiary/aromatic N) is 2. The molecule has 0 bridgehead atoms. The summed E-state index contributed by atoms with van der Waals surface area (Å²) in [6, 6.07) is 16.8. The number of rotatable bonds is 7. The van der Waals surface area contributed by atoms with Gasteiger partial charge in [0.25, 0.3) is 5.91 Å². The van der Waals surface area contributed by atoms with Gasteiger partial charge in [-0.15, -0.1) is 0 Å². The summed E-state index contributed by atoms with van der Waals surface area (Å²) in [7, 11) is 1.30. The Balaban J connectivity index is 1.91. The third kappa shape index (κ3) is 4.75. The Morgan fingerprint density at radius 1 is 1.10 bits per heavy atom. The molecule has 30 heavy (non-hydrogen) atoms. The lowest BCUT2D eigenvalue weighted by Gasteiger charge is -2.19. The van der Waals surface area contributed by atoms with E-state index in [0.717, 1.165) is 5.56 Å². The zero-order valence-electron chi connectivity index (χ0n) is 16.8. The molecule has 2 aromatic rings. The largest absolute Gasteiger partial charge is 0.494 e. The highest BCUT2D eigenvalue weighted by molar-refractivity contribution is 7.80. The highest BCUT2D eigenvalue weighted by Gasteiger charge is 2.39. The molecular weight excluding hydrogens is 400 g/mol. The van der Waals surface area contributed by atoms with Crippen molar-refractivity contribution in [3.63, 3.8) is 0 Å². The Labute approximate surface area is 181 Å². The molecule has 1 aliphatic heterocycles. The molecule has 1 heterocycles. The molecule has 0 aliphatic carbocycles. The van der Waals surface area contributed by atoms with Gasteiger partial charge in [-0.3, -0.25) is 14.5 Å². The molecule has 1 amide bonds. The van der Waals surface area contributed by atoms with Crippen LogP contribution in [0.15, 0.2) is 72.4 Å². The van der Waals surface area contributed by atoms with Gasteiger partial charge in [-0.25, -0.2) is 0 Å². The van der Waals surface area contributed by atoms with Crippen molar-refractivity contribution in [2.75, 3.05) is 25.2 Å². The van der Waals surface area contributed by atoms with E-state index in [-0.39, 0.29) is 17.6 Å². The minimum Gasteiger partial charge on any atom is -0.494 e. The average Bonchev–Trinajstić information content (AvgIpc) is 2.99. The molecule has 1 saturated heterocycles. The van der Waals surface area contributed by atoms with Gasteiger partial charge in [-0.2, -0.15) is 0 Å². The highest BCUT2D eigenvalue weighted by Crippen LogP contribution is 2.29. The monoisotopic (exact) mass is 422 g/mol.